The first-order valence-corrected chi connectivity index (χ1v) is 9.84. The van der Waals surface area contributed by atoms with E-state index in [0.717, 1.165) is 22.1 Å². The Bertz CT molecular complexity index is 1050. The lowest BCUT2D eigenvalue weighted by atomic mass is 10.0. The van der Waals surface area contributed by atoms with Gasteiger partial charge in [-0.25, -0.2) is 5.43 Å². The average Bonchev–Trinajstić information content (AvgIpc) is 2.71. The highest BCUT2D eigenvalue weighted by molar-refractivity contribution is 6.35. The Hall–Kier alpha value is -2.76. The van der Waals surface area contributed by atoms with Crippen molar-refractivity contribution in [3.63, 3.8) is 0 Å². The van der Waals surface area contributed by atoms with Crippen LogP contribution in [-0.2, 0) is 4.79 Å². The van der Waals surface area contributed by atoms with Gasteiger partial charge in [-0.3, -0.25) is 4.79 Å². The molecule has 0 aliphatic carbocycles. The lowest BCUT2D eigenvalue weighted by Gasteiger charge is -2.14. The van der Waals surface area contributed by atoms with Crippen molar-refractivity contribution in [2.24, 2.45) is 5.10 Å². The van der Waals surface area contributed by atoms with Crippen molar-refractivity contribution in [1.82, 2.24) is 5.43 Å². The molecule has 0 aliphatic rings. The van der Waals surface area contributed by atoms with Crippen LogP contribution in [0, 0.1) is 0 Å². The Morgan fingerprint density at radius 3 is 2.55 bits per heavy atom. The maximum atomic E-state index is 12.3. The van der Waals surface area contributed by atoms with Crippen molar-refractivity contribution < 1.29 is 14.3 Å². The number of fused-ring (bicyclic) bond motifs is 1. The summed E-state index contributed by atoms with van der Waals surface area (Å²) < 4.78 is 11.3. The van der Waals surface area contributed by atoms with Crippen LogP contribution in [0.5, 0.6) is 11.5 Å². The van der Waals surface area contributed by atoms with Gasteiger partial charge in [0.1, 0.15) is 11.5 Å². The molecule has 29 heavy (non-hydrogen) atoms. The van der Waals surface area contributed by atoms with Crippen LogP contribution in [0.15, 0.2) is 59.7 Å². The molecule has 1 atom stereocenters. The van der Waals surface area contributed by atoms with Crippen LogP contribution in [0.4, 0.5) is 0 Å². The normalized spacial score (nSPS) is 12.1. The van der Waals surface area contributed by atoms with Gasteiger partial charge in [0, 0.05) is 16.0 Å². The van der Waals surface area contributed by atoms with E-state index in [1.54, 1.807) is 31.3 Å². The molecule has 3 aromatic carbocycles. The number of nitrogens with zero attached hydrogens (tertiary/aromatic N) is 1. The molecule has 1 amide bonds. The number of carbonyl (C=O) groups excluding carboxylic acids is 1. The largest absolute Gasteiger partial charge is 0.493 e. The van der Waals surface area contributed by atoms with Crippen LogP contribution >= 0.6 is 23.2 Å². The van der Waals surface area contributed by atoms with Gasteiger partial charge in [-0.15, -0.1) is 0 Å². The van der Waals surface area contributed by atoms with Gasteiger partial charge in [0.25, 0.3) is 5.91 Å². The van der Waals surface area contributed by atoms with E-state index in [9.17, 15) is 4.79 Å². The summed E-state index contributed by atoms with van der Waals surface area (Å²) in [6.07, 6.45) is 0.806. The van der Waals surface area contributed by atoms with Crippen molar-refractivity contribution in [3.8, 4) is 11.5 Å². The smallest absolute Gasteiger partial charge is 0.280 e. The molecule has 0 aliphatic heterocycles. The first kappa shape index (κ1) is 21.0. The molecule has 0 saturated carbocycles. The zero-order chi connectivity index (χ0) is 20.8. The molecule has 3 aromatic rings. The second-order valence-corrected chi connectivity index (χ2v) is 7.04. The Balaban J connectivity index is 1.69. The molecule has 1 unspecified atom stereocenters. The highest BCUT2D eigenvalue weighted by atomic mass is 35.5. The zero-order valence-corrected chi connectivity index (χ0v) is 17.5. The number of hydrogen-bond donors (Lipinski definition) is 1. The highest BCUT2D eigenvalue weighted by Gasteiger charge is 2.15. The number of hydrogen-bond acceptors (Lipinski definition) is 4. The molecule has 0 radical (unpaired) electrons. The number of amides is 1. The van der Waals surface area contributed by atoms with E-state index in [1.165, 1.54) is 0 Å². The highest BCUT2D eigenvalue weighted by Crippen LogP contribution is 2.29. The van der Waals surface area contributed by atoms with E-state index >= 15 is 0 Å². The fourth-order valence-corrected chi connectivity index (χ4v) is 3.21. The third kappa shape index (κ3) is 5.19. The van der Waals surface area contributed by atoms with Gasteiger partial charge in [0.05, 0.1) is 17.8 Å². The van der Waals surface area contributed by atoms with Gasteiger partial charge in [-0.1, -0.05) is 47.5 Å². The maximum Gasteiger partial charge on any atom is 0.280 e. The number of nitrogens with one attached hydrogen (secondary N) is 1. The lowest BCUT2D eigenvalue weighted by molar-refractivity contribution is -0.127. The molecule has 0 saturated heterocycles. The molecule has 5 nitrogen and oxygen atoms in total. The summed E-state index contributed by atoms with van der Waals surface area (Å²) in [5.41, 5.74) is 3.35. The number of halogens is 2. The fourth-order valence-electron chi connectivity index (χ4n) is 2.76. The fraction of sp³-hybridized carbons (Fsp3) is 0.182. The number of ether oxygens (including phenoxy) is 2. The monoisotopic (exact) mass is 430 g/mol. The second kappa shape index (κ2) is 9.63. The maximum absolute atomic E-state index is 12.3. The first-order chi connectivity index (χ1) is 14.0. The molecule has 0 heterocycles. The van der Waals surface area contributed by atoms with Crippen LogP contribution in [-0.4, -0.2) is 24.8 Å². The van der Waals surface area contributed by atoms with Crippen molar-refractivity contribution in [2.75, 3.05) is 6.61 Å². The summed E-state index contributed by atoms with van der Waals surface area (Å²) in [5, 5.41) is 6.86. The minimum Gasteiger partial charge on any atom is -0.493 e. The molecule has 150 valence electrons. The van der Waals surface area contributed by atoms with Crippen molar-refractivity contribution in [3.05, 3.63) is 70.2 Å². The topological polar surface area (TPSA) is 59.9 Å². The van der Waals surface area contributed by atoms with Crippen molar-refractivity contribution in [2.45, 2.75) is 20.0 Å². The van der Waals surface area contributed by atoms with Gasteiger partial charge in [0.2, 0.25) is 0 Å². The van der Waals surface area contributed by atoms with E-state index in [1.807, 2.05) is 43.3 Å². The van der Waals surface area contributed by atoms with Gasteiger partial charge in [0.15, 0.2) is 6.10 Å². The summed E-state index contributed by atoms with van der Waals surface area (Å²) >= 11 is 11.9. The first-order valence-electron chi connectivity index (χ1n) is 9.08. The standard InChI is InChI=1S/C22H20Cl2N2O3/c1-3-28-20-10-8-15(17-6-4-5-7-18(17)20)13-25-26-22(27)14(2)29-21-11-9-16(23)12-19(21)24/h4-14H,3H2,1-2H3,(H,26,27)/b25-13-. The third-order valence-corrected chi connectivity index (χ3v) is 4.69. The molecular weight excluding hydrogens is 411 g/mol. The SMILES string of the molecule is CCOc1ccc(/C=N\NC(=O)C(C)Oc2ccc(Cl)cc2Cl)c2ccccc12. The van der Waals surface area contributed by atoms with Gasteiger partial charge in [-0.2, -0.15) is 5.10 Å². The Morgan fingerprint density at radius 2 is 1.83 bits per heavy atom. The van der Waals surface area contributed by atoms with Gasteiger partial charge in [-0.05, 0) is 49.6 Å². The van der Waals surface area contributed by atoms with E-state index in [2.05, 4.69) is 10.5 Å². The molecular formula is C22H20Cl2N2O3. The van der Waals surface area contributed by atoms with E-state index in [0.29, 0.717) is 22.4 Å². The van der Waals surface area contributed by atoms with Crippen LogP contribution in [0.1, 0.15) is 19.4 Å². The minimum atomic E-state index is -0.789. The van der Waals surface area contributed by atoms with Crippen molar-refractivity contribution in [1.29, 1.82) is 0 Å². The molecule has 3 rings (SSSR count). The van der Waals surface area contributed by atoms with Crippen LogP contribution in [0.25, 0.3) is 10.8 Å². The lowest BCUT2D eigenvalue weighted by Crippen LogP contribution is -2.33. The second-order valence-electron chi connectivity index (χ2n) is 6.20. The van der Waals surface area contributed by atoms with Crippen molar-refractivity contribution >= 4 is 46.1 Å². The van der Waals surface area contributed by atoms with E-state index in [-0.39, 0.29) is 0 Å². The summed E-state index contributed by atoms with van der Waals surface area (Å²) in [7, 11) is 0. The Kier molecular flexibility index (Phi) is 6.96. The van der Waals surface area contributed by atoms with Gasteiger partial charge >= 0.3 is 0 Å². The Morgan fingerprint density at radius 1 is 1.10 bits per heavy atom. The number of hydrazone groups is 1. The zero-order valence-electron chi connectivity index (χ0n) is 16.0. The van der Waals surface area contributed by atoms with Gasteiger partial charge < -0.3 is 9.47 Å². The van der Waals surface area contributed by atoms with E-state index < -0.39 is 12.0 Å². The average molecular weight is 431 g/mol. The number of rotatable bonds is 7. The molecule has 0 aromatic heterocycles. The number of carbonyl (C=O) groups is 1. The predicted octanol–water partition coefficient (Wildman–Crippen LogP) is 5.46. The quantitative estimate of drug-likeness (QED) is 0.399. The molecule has 0 spiro atoms. The Labute approximate surface area is 179 Å². The molecule has 1 N–H and O–H groups in total. The third-order valence-electron chi connectivity index (χ3n) is 4.16. The van der Waals surface area contributed by atoms with Crippen LogP contribution < -0.4 is 14.9 Å². The van der Waals surface area contributed by atoms with Crippen LogP contribution in [0.3, 0.4) is 0 Å². The minimum absolute atomic E-state index is 0.335. The van der Waals surface area contributed by atoms with Crippen LogP contribution in [0.2, 0.25) is 10.0 Å². The molecule has 7 heteroatoms. The molecule has 0 fully saturated rings. The summed E-state index contributed by atoms with van der Waals surface area (Å²) in [5.74, 6) is 0.786. The number of benzene rings is 3. The van der Waals surface area contributed by atoms with E-state index in [4.69, 9.17) is 32.7 Å². The molecule has 0 bridgehead atoms. The summed E-state index contributed by atoms with van der Waals surface area (Å²) in [6.45, 7) is 4.14. The summed E-state index contributed by atoms with van der Waals surface area (Å²) in [6, 6.07) is 16.5. The predicted molar refractivity (Wildman–Crippen MR) is 117 cm³/mol. The summed E-state index contributed by atoms with van der Waals surface area (Å²) in [4.78, 5) is 12.3.